The number of nitrogens with one attached hydrogen (secondary N) is 1. The normalized spacial score (nSPS) is 16.6. The minimum Gasteiger partial charge on any atom is -0.481 e. The number of hydrogen-bond acceptors (Lipinski definition) is 3. The van der Waals surface area contributed by atoms with Gasteiger partial charge < -0.3 is 15.0 Å². The molecule has 1 aliphatic rings. The van der Waals surface area contributed by atoms with Crippen LogP contribution in [0, 0.1) is 0 Å². The highest BCUT2D eigenvalue weighted by atomic mass is 16.5. The zero-order chi connectivity index (χ0) is 15.4. The Kier molecular flexibility index (Phi) is 4.83. The van der Waals surface area contributed by atoms with Crippen LogP contribution in [-0.2, 0) is 9.59 Å². The molecule has 1 fully saturated rings. The standard InChI is InChI=1S/C16H22N2O3/c1-11(2)13-5-4-6-14(9-13)21-12(3)16(20)18-8-7-17-15(19)10-18/h4-6,9,11-12H,7-8,10H2,1-3H3,(H,17,19)/t12-/m0/s1. The number of carbonyl (C=O) groups excluding carboxylic acids is 2. The van der Waals surface area contributed by atoms with Crippen molar-refractivity contribution in [2.45, 2.75) is 32.8 Å². The van der Waals surface area contributed by atoms with Gasteiger partial charge in [-0.2, -0.15) is 0 Å². The molecule has 0 aliphatic carbocycles. The summed E-state index contributed by atoms with van der Waals surface area (Å²) >= 11 is 0. The molecule has 5 nitrogen and oxygen atoms in total. The fraction of sp³-hybridized carbons (Fsp3) is 0.500. The van der Waals surface area contributed by atoms with Crippen LogP contribution in [0.2, 0.25) is 0 Å². The first-order valence-electron chi connectivity index (χ1n) is 7.29. The molecule has 0 bridgehead atoms. The van der Waals surface area contributed by atoms with Gasteiger partial charge in [-0.3, -0.25) is 9.59 Å². The molecule has 21 heavy (non-hydrogen) atoms. The second-order valence-corrected chi connectivity index (χ2v) is 5.60. The maximum Gasteiger partial charge on any atom is 0.263 e. The summed E-state index contributed by atoms with van der Waals surface area (Å²) in [6, 6.07) is 7.77. The SMILES string of the molecule is CC(C)c1cccc(O[C@@H](C)C(=O)N2CCNC(=O)C2)c1. The predicted molar refractivity (Wildman–Crippen MR) is 80.2 cm³/mol. The highest BCUT2D eigenvalue weighted by Crippen LogP contribution is 2.21. The van der Waals surface area contributed by atoms with Crippen LogP contribution >= 0.6 is 0 Å². The van der Waals surface area contributed by atoms with Gasteiger partial charge in [0.15, 0.2) is 6.10 Å². The van der Waals surface area contributed by atoms with Gasteiger partial charge in [0, 0.05) is 13.1 Å². The average molecular weight is 290 g/mol. The number of hydrogen-bond donors (Lipinski definition) is 1. The summed E-state index contributed by atoms with van der Waals surface area (Å²) in [7, 11) is 0. The lowest BCUT2D eigenvalue weighted by Crippen LogP contribution is -2.53. The van der Waals surface area contributed by atoms with Crippen LogP contribution in [0.15, 0.2) is 24.3 Å². The number of amides is 2. The molecule has 1 aromatic rings. The van der Waals surface area contributed by atoms with Gasteiger partial charge >= 0.3 is 0 Å². The van der Waals surface area contributed by atoms with E-state index >= 15 is 0 Å². The van der Waals surface area contributed by atoms with Gasteiger partial charge in [-0.1, -0.05) is 26.0 Å². The molecule has 5 heteroatoms. The van der Waals surface area contributed by atoms with Gasteiger partial charge in [-0.15, -0.1) is 0 Å². The van der Waals surface area contributed by atoms with Crippen LogP contribution in [0.3, 0.4) is 0 Å². The maximum atomic E-state index is 12.3. The summed E-state index contributed by atoms with van der Waals surface area (Å²) in [6.07, 6.45) is -0.599. The van der Waals surface area contributed by atoms with Crippen molar-refractivity contribution in [1.82, 2.24) is 10.2 Å². The van der Waals surface area contributed by atoms with E-state index in [0.717, 1.165) is 0 Å². The first-order chi connectivity index (χ1) is 9.97. The quantitative estimate of drug-likeness (QED) is 0.915. The lowest BCUT2D eigenvalue weighted by Gasteiger charge is -2.29. The fourth-order valence-corrected chi connectivity index (χ4v) is 2.29. The van der Waals surface area contributed by atoms with Crippen LogP contribution < -0.4 is 10.1 Å². The third-order valence-electron chi connectivity index (χ3n) is 3.54. The highest BCUT2D eigenvalue weighted by Gasteiger charge is 2.26. The first-order valence-corrected chi connectivity index (χ1v) is 7.29. The number of nitrogens with zero attached hydrogens (tertiary/aromatic N) is 1. The minimum absolute atomic E-state index is 0.110. The van der Waals surface area contributed by atoms with Crippen LogP contribution in [0.5, 0.6) is 5.75 Å². The van der Waals surface area contributed by atoms with E-state index in [-0.39, 0.29) is 18.4 Å². The second-order valence-electron chi connectivity index (χ2n) is 5.60. The molecule has 0 saturated carbocycles. The minimum atomic E-state index is -0.599. The number of benzene rings is 1. The first kappa shape index (κ1) is 15.4. The van der Waals surface area contributed by atoms with E-state index in [1.807, 2.05) is 24.3 Å². The molecule has 1 aliphatic heterocycles. The maximum absolute atomic E-state index is 12.3. The van der Waals surface area contributed by atoms with Gasteiger partial charge in [0.05, 0.1) is 6.54 Å². The Morgan fingerprint density at radius 3 is 2.76 bits per heavy atom. The molecule has 2 amide bonds. The smallest absolute Gasteiger partial charge is 0.263 e. The van der Waals surface area contributed by atoms with Crippen LogP contribution in [0.25, 0.3) is 0 Å². The van der Waals surface area contributed by atoms with Crippen molar-refractivity contribution in [1.29, 1.82) is 0 Å². The van der Waals surface area contributed by atoms with Gasteiger partial charge in [0.2, 0.25) is 5.91 Å². The molecular formula is C16H22N2O3. The van der Waals surface area contributed by atoms with Gasteiger partial charge in [0.1, 0.15) is 5.75 Å². The van der Waals surface area contributed by atoms with E-state index in [1.54, 1.807) is 6.92 Å². The molecule has 1 N–H and O–H groups in total. The Labute approximate surface area is 125 Å². The molecule has 1 aromatic carbocycles. The van der Waals surface area contributed by atoms with Crippen molar-refractivity contribution in [2.75, 3.05) is 19.6 Å². The monoisotopic (exact) mass is 290 g/mol. The van der Waals surface area contributed by atoms with E-state index in [2.05, 4.69) is 19.2 Å². The predicted octanol–water partition coefficient (Wildman–Crippen LogP) is 1.54. The molecule has 114 valence electrons. The molecule has 1 saturated heterocycles. The summed E-state index contributed by atoms with van der Waals surface area (Å²) < 4.78 is 5.73. The van der Waals surface area contributed by atoms with Gasteiger partial charge in [0.25, 0.3) is 5.91 Å². The van der Waals surface area contributed by atoms with Crippen molar-refractivity contribution in [3.05, 3.63) is 29.8 Å². The molecule has 2 rings (SSSR count). The lowest BCUT2D eigenvalue weighted by atomic mass is 10.0. The molecule has 1 atom stereocenters. The molecule has 1 heterocycles. The largest absolute Gasteiger partial charge is 0.481 e. The Morgan fingerprint density at radius 2 is 2.10 bits per heavy atom. The van der Waals surface area contributed by atoms with E-state index < -0.39 is 6.10 Å². The highest BCUT2D eigenvalue weighted by molar-refractivity contribution is 5.88. The number of piperazine rings is 1. The molecule has 0 radical (unpaired) electrons. The van der Waals surface area contributed by atoms with Gasteiger partial charge in [-0.05, 0) is 30.5 Å². The average Bonchev–Trinajstić information content (AvgIpc) is 2.46. The second kappa shape index (κ2) is 6.61. The van der Waals surface area contributed by atoms with Gasteiger partial charge in [-0.25, -0.2) is 0 Å². The van der Waals surface area contributed by atoms with E-state index in [9.17, 15) is 9.59 Å². The topological polar surface area (TPSA) is 58.6 Å². The molecule has 0 aromatic heterocycles. The summed E-state index contributed by atoms with van der Waals surface area (Å²) in [4.78, 5) is 25.2. The van der Waals surface area contributed by atoms with Crippen LogP contribution in [-0.4, -0.2) is 42.5 Å². The third-order valence-corrected chi connectivity index (χ3v) is 3.54. The Morgan fingerprint density at radius 1 is 1.33 bits per heavy atom. The van der Waals surface area contributed by atoms with Crippen molar-refractivity contribution in [3.8, 4) is 5.75 Å². The summed E-state index contributed by atoms with van der Waals surface area (Å²) in [6.45, 7) is 7.08. The number of ether oxygens (including phenoxy) is 1. The van der Waals surface area contributed by atoms with Crippen LogP contribution in [0.1, 0.15) is 32.3 Å². The molecular weight excluding hydrogens is 268 g/mol. The van der Waals surface area contributed by atoms with Crippen molar-refractivity contribution >= 4 is 11.8 Å². The number of rotatable bonds is 4. The summed E-state index contributed by atoms with van der Waals surface area (Å²) in [5.41, 5.74) is 1.17. The Hall–Kier alpha value is -2.04. The van der Waals surface area contributed by atoms with Crippen molar-refractivity contribution in [2.24, 2.45) is 0 Å². The van der Waals surface area contributed by atoms with E-state index in [4.69, 9.17) is 4.74 Å². The van der Waals surface area contributed by atoms with Crippen LogP contribution in [0.4, 0.5) is 0 Å². The number of carbonyl (C=O) groups is 2. The van der Waals surface area contributed by atoms with Crippen molar-refractivity contribution in [3.63, 3.8) is 0 Å². The Bertz CT molecular complexity index is 528. The van der Waals surface area contributed by atoms with Crippen molar-refractivity contribution < 1.29 is 14.3 Å². The third kappa shape index (κ3) is 3.97. The summed E-state index contributed by atoms with van der Waals surface area (Å²) in [5, 5.41) is 2.70. The zero-order valence-corrected chi connectivity index (χ0v) is 12.8. The molecule has 0 spiro atoms. The summed E-state index contributed by atoms with van der Waals surface area (Å²) in [5.74, 6) is 0.817. The van der Waals surface area contributed by atoms with E-state index in [0.29, 0.717) is 24.8 Å². The molecule has 0 unspecified atom stereocenters. The lowest BCUT2D eigenvalue weighted by molar-refractivity contribution is -0.143. The van der Waals surface area contributed by atoms with E-state index in [1.165, 1.54) is 10.5 Å². The fourth-order valence-electron chi connectivity index (χ4n) is 2.29. The zero-order valence-electron chi connectivity index (χ0n) is 12.8. The Balaban J connectivity index is 2.00.